The van der Waals surface area contributed by atoms with Crippen molar-refractivity contribution in [3.8, 4) is 17.3 Å². The van der Waals surface area contributed by atoms with Crippen LogP contribution in [0.15, 0.2) is 60.8 Å². The second-order valence-electron chi connectivity index (χ2n) is 6.42. The van der Waals surface area contributed by atoms with Gasteiger partial charge in [-0.15, -0.1) is 0 Å². The van der Waals surface area contributed by atoms with E-state index < -0.39 is 0 Å². The van der Waals surface area contributed by atoms with Gasteiger partial charge in [0.15, 0.2) is 5.82 Å². The number of anilines is 1. The number of carbonyl (C=O) groups is 1. The van der Waals surface area contributed by atoms with E-state index in [1.165, 1.54) is 0 Å². The summed E-state index contributed by atoms with van der Waals surface area (Å²) < 4.78 is 5.25. The summed E-state index contributed by atoms with van der Waals surface area (Å²) in [6.07, 6.45) is 1.65. The number of hydrogen-bond acceptors (Lipinski definition) is 5. The number of imidazole rings is 2. The van der Waals surface area contributed by atoms with Crippen molar-refractivity contribution in [2.45, 2.75) is 0 Å². The molecule has 0 aliphatic heterocycles. The molecular formula is C21H16N6O2. The topological polar surface area (TPSA) is 109 Å². The summed E-state index contributed by atoms with van der Waals surface area (Å²) in [5.41, 5.74) is 4.00. The van der Waals surface area contributed by atoms with Gasteiger partial charge >= 0.3 is 0 Å². The number of pyridine rings is 1. The van der Waals surface area contributed by atoms with Crippen LogP contribution in [0.1, 0.15) is 10.4 Å². The van der Waals surface area contributed by atoms with Gasteiger partial charge in [0.2, 0.25) is 5.95 Å². The van der Waals surface area contributed by atoms with Crippen LogP contribution in [0, 0.1) is 0 Å². The van der Waals surface area contributed by atoms with Crippen LogP contribution in [0.3, 0.4) is 0 Å². The maximum Gasteiger partial charge on any atom is 0.260 e. The van der Waals surface area contributed by atoms with Crippen molar-refractivity contribution in [2.24, 2.45) is 0 Å². The molecule has 8 heteroatoms. The Morgan fingerprint density at radius 3 is 2.72 bits per heavy atom. The number of fused-ring (bicyclic) bond motifs is 2. The number of aromatic amines is 2. The number of para-hydroxylation sites is 3. The van der Waals surface area contributed by atoms with E-state index in [4.69, 9.17) is 4.74 Å². The fourth-order valence-electron chi connectivity index (χ4n) is 3.19. The number of nitrogens with zero attached hydrogens (tertiary/aromatic N) is 3. The molecule has 0 aliphatic rings. The number of hydrogen-bond donors (Lipinski definition) is 3. The van der Waals surface area contributed by atoms with E-state index in [2.05, 4.69) is 30.2 Å². The zero-order valence-electron chi connectivity index (χ0n) is 15.4. The molecule has 1 amide bonds. The van der Waals surface area contributed by atoms with E-state index >= 15 is 0 Å². The molecular weight excluding hydrogens is 368 g/mol. The first kappa shape index (κ1) is 16.9. The zero-order valence-corrected chi connectivity index (χ0v) is 15.4. The number of carbonyl (C=O) groups excluding carboxylic acids is 1. The van der Waals surface area contributed by atoms with Gasteiger partial charge < -0.3 is 14.7 Å². The van der Waals surface area contributed by atoms with Gasteiger partial charge in [-0.1, -0.05) is 18.2 Å². The molecule has 8 nitrogen and oxygen atoms in total. The normalized spacial score (nSPS) is 11.1. The van der Waals surface area contributed by atoms with Crippen molar-refractivity contribution in [2.75, 3.05) is 12.4 Å². The number of benzene rings is 2. The highest BCUT2D eigenvalue weighted by Gasteiger charge is 2.16. The van der Waals surface area contributed by atoms with Gasteiger partial charge in [-0.2, -0.15) is 0 Å². The van der Waals surface area contributed by atoms with Gasteiger partial charge in [0.05, 0.1) is 29.2 Å². The molecule has 0 bridgehead atoms. The average Bonchev–Trinajstić information content (AvgIpc) is 3.37. The monoisotopic (exact) mass is 384 g/mol. The van der Waals surface area contributed by atoms with Crippen molar-refractivity contribution in [1.29, 1.82) is 0 Å². The highest BCUT2D eigenvalue weighted by molar-refractivity contribution is 6.11. The molecule has 3 N–H and O–H groups in total. The quantitative estimate of drug-likeness (QED) is 0.437. The Balaban J connectivity index is 1.50. The predicted octanol–water partition coefficient (Wildman–Crippen LogP) is 3.76. The van der Waals surface area contributed by atoms with E-state index in [0.29, 0.717) is 34.3 Å². The standard InChI is InChI=1S/C21H16N6O2/c1-29-12-9-10-22-17(11-12)19-23-16-8-4-5-13(18(16)26-19)20(28)27-21-24-14-6-2-3-7-15(14)25-21/h2-11H,1H3,(H,23,26)(H2,24,25,27,28). The number of rotatable bonds is 4. The third-order valence-electron chi connectivity index (χ3n) is 4.59. The van der Waals surface area contributed by atoms with Crippen LogP contribution in [-0.2, 0) is 0 Å². The third-order valence-corrected chi connectivity index (χ3v) is 4.59. The molecule has 3 aromatic heterocycles. The predicted molar refractivity (Wildman–Crippen MR) is 110 cm³/mol. The molecule has 0 radical (unpaired) electrons. The first-order chi connectivity index (χ1) is 14.2. The zero-order chi connectivity index (χ0) is 19.8. The second kappa shape index (κ2) is 6.75. The maximum absolute atomic E-state index is 12.9. The fourth-order valence-corrected chi connectivity index (χ4v) is 3.19. The lowest BCUT2D eigenvalue weighted by atomic mass is 10.2. The van der Waals surface area contributed by atoms with Crippen LogP contribution >= 0.6 is 0 Å². The number of H-pyrrole nitrogens is 2. The molecule has 2 aromatic carbocycles. The summed E-state index contributed by atoms with van der Waals surface area (Å²) in [6.45, 7) is 0. The van der Waals surface area contributed by atoms with E-state index in [9.17, 15) is 4.79 Å². The van der Waals surface area contributed by atoms with Crippen molar-refractivity contribution in [1.82, 2.24) is 24.9 Å². The minimum absolute atomic E-state index is 0.300. The van der Waals surface area contributed by atoms with Crippen LogP contribution in [0.2, 0.25) is 0 Å². The Bertz CT molecular complexity index is 1320. The minimum Gasteiger partial charge on any atom is -0.497 e. The van der Waals surface area contributed by atoms with Crippen LogP contribution in [-0.4, -0.2) is 37.9 Å². The van der Waals surface area contributed by atoms with E-state index in [1.807, 2.05) is 30.3 Å². The Morgan fingerprint density at radius 2 is 1.86 bits per heavy atom. The molecule has 0 aliphatic carbocycles. The molecule has 0 spiro atoms. The molecule has 0 saturated heterocycles. The number of ether oxygens (including phenoxy) is 1. The summed E-state index contributed by atoms with van der Waals surface area (Å²) in [4.78, 5) is 32.5. The van der Waals surface area contributed by atoms with Crippen LogP contribution in [0.25, 0.3) is 33.6 Å². The highest BCUT2D eigenvalue weighted by atomic mass is 16.5. The van der Waals surface area contributed by atoms with Crippen molar-refractivity contribution in [3.05, 3.63) is 66.4 Å². The first-order valence-corrected chi connectivity index (χ1v) is 8.96. The molecule has 3 heterocycles. The number of nitrogens with one attached hydrogen (secondary N) is 3. The Morgan fingerprint density at radius 1 is 1.00 bits per heavy atom. The SMILES string of the molecule is COc1ccnc(-c2nc3c(C(=O)Nc4nc5ccccc5[nH]4)cccc3[nH]2)c1. The Labute approximate surface area is 165 Å². The lowest BCUT2D eigenvalue weighted by molar-refractivity contribution is 0.102. The van der Waals surface area contributed by atoms with Gasteiger partial charge in [0.1, 0.15) is 17.0 Å². The summed E-state index contributed by atoms with van der Waals surface area (Å²) in [5, 5.41) is 2.81. The lowest BCUT2D eigenvalue weighted by Gasteiger charge is -2.02. The van der Waals surface area contributed by atoms with Crippen LogP contribution in [0.4, 0.5) is 5.95 Å². The second-order valence-corrected chi connectivity index (χ2v) is 6.42. The lowest BCUT2D eigenvalue weighted by Crippen LogP contribution is -2.13. The summed E-state index contributed by atoms with van der Waals surface area (Å²) in [7, 11) is 1.60. The van der Waals surface area contributed by atoms with Crippen LogP contribution < -0.4 is 10.1 Å². The first-order valence-electron chi connectivity index (χ1n) is 8.96. The van der Waals surface area contributed by atoms with Crippen molar-refractivity contribution in [3.63, 3.8) is 0 Å². The van der Waals surface area contributed by atoms with Crippen molar-refractivity contribution >= 4 is 33.9 Å². The number of amides is 1. The largest absolute Gasteiger partial charge is 0.497 e. The molecule has 0 fully saturated rings. The van der Waals surface area contributed by atoms with Crippen molar-refractivity contribution < 1.29 is 9.53 Å². The highest BCUT2D eigenvalue weighted by Crippen LogP contribution is 2.24. The van der Waals surface area contributed by atoms with Gasteiger partial charge in [-0.05, 0) is 30.3 Å². The summed E-state index contributed by atoms with van der Waals surface area (Å²) in [5.74, 6) is 1.32. The van der Waals surface area contributed by atoms with Crippen LogP contribution in [0.5, 0.6) is 5.75 Å². The molecule has 29 heavy (non-hydrogen) atoms. The van der Waals surface area contributed by atoms with Gasteiger partial charge in [0.25, 0.3) is 5.91 Å². The maximum atomic E-state index is 12.9. The van der Waals surface area contributed by atoms with Gasteiger partial charge in [-0.3, -0.25) is 15.1 Å². The van der Waals surface area contributed by atoms with E-state index in [-0.39, 0.29) is 5.91 Å². The van der Waals surface area contributed by atoms with E-state index in [0.717, 1.165) is 16.6 Å². The van der Waals surface area contributed by atoms with Gasteiger partial charge in [0, 0.05) is 12.3 Å². The molecule has 0 atom stereocenters. The Kier molecular flexibility index (Phi) is 3.94. The summed E-state index contributed by atoms with van der Waals surface area (Å²) in [6, 6.07) is 16.5. The minimum atomic E-state index is -0.300. The third kappa shape index (κ3) is 3.06. The molecule has 0 saturated carbocycles. The molecule has 5 rings (SSSR count). The number of methoxy groups -OCH3 is 1. The van der Waals surface area contributed by atoms with E-state index in [1.54, 1.807) is 37.6 Å². The smallest absolute Gasteiger partial charge is 0.260 e. The molecule has 142 valence electrons. The molecule has 0 unspecified atom stereocenters. The number of aromatic nitrogens is 5. The Hall–Kier alpha value is -4.20. The molecule has 5 aromatic rings. The average molecular weight is 384 g/mol. The summed E-state index contributed by atoms with van der Waals surface area (Å²) >= 11 is 0. The van der Waals surface area contributed by atoms with Gasteiger partial charge in [-0.25, -0.2) is 9.97 Å². The fraction of sp³-hybridized carbons (Fsp3) is 0.0476.